The van der Waals surface area contributed by atoms with Crippen molar-refractivity contribution in [1.29, 1.82) is 0 Å². The number of thioether (sulfide) groups is 1. The predicted molar refractivity (Wildman–Crippen MR) is 101 cm³/mol. The summed E-state index contributed by atoms with van der Waals surface area (Å²) in [5, 5.41) is 5.81. The van der Waals surface area contributed by atoms with Crippen LogP contribution >= 0.6 is 23.4 Å². The number of hydrogen-bond donors (Lipinski definition) is 2. The van der Waals surface area contributed by atoms with Crippen molar-refractivity contribution >= 4 is 51.8 Å². The van der Waals surface area contributed by atoms with Crippen molar-refractivity contribution < 1.29 is 18.8 Å². The molecule has 1 aromatic heterocycles. The summed E-state index contributed by atoms with van der Waals surface area (Å²) in [7, 11) is 0. The zero-order chi connectivity index (χ0) is 18.5. The molecule has 1 aromatic carbocycles. The molecule has 7 nitrogen and oxygen atoms in total. The van der Waals surface area contributed by atoms with Crippen molar-refractivity contribution in [2.24, 2.45) is 0 Å². The summed E-state index contributed by atoms with van der Waals surface area (Å²) in [4.78, 5) is 37.6. The molecule has 0 bridgehead atoms. The van der Waals surface area contributed by atoms with Crippen LogP contribution in [-0.4, -0.2) is 40.8 Å². The molecule has 0 radical (unpaired) electrons. The Labute approximate surface area is 159 Å². The van der Waals surface area contributed by atoms with Gasteiger partial charge in [-0.1, -0.05) is 23.4 Å². The first-order chi connectivity index (χ1) is 12.5. The molecular weight excluding hydrogens is 378 g/mol. The number of nitrogens with one attached hydrogen (secondary N) is 2. The Bertz CT molecular complexity index is 825. The summed E-state index contributed by atoms with van der Waals surface area (Å²) in [5.41, 5.74) is 0.779. The number of halogens is 1. The summed E-state index contributed by atoms with van der Waals surface area (Å²) in [6.07, 6.45) is 1.56. The number of carbonyl (C=O) groups excluding carboxylic acids is 3. The molecule has 1 saturated heterocycles. The zero-order valence-corrected chi connectivity index (χ0v) is 15.2. The van der Waals surface area contributed by atoms with Crippen LogP contribution in [0.1, 0.15) is 17.0 Å². The minimum absolute atomic E-state index is 0.00399. The Morgan fingerprint density at radius 3 is 2.77 bits per heavy atom. The van der Waals surface area contributed by atoms with Gasteiger partial charge in [0.1, 0.15) is 0 Å². The van der Waals surface area contributed by atoms with E-state index in [1.54, 1.807) is 29.2 Å². The van der Waals surface area contributed by atoms with E-state index in [1.807, 2.05) is 0 Å². The number of anilines is 2. The van der Waals surface area contributed by atoms with Gasteiger partial charge in [-0.25, -0.2) is 0 Å². The lowest BCUT2D eigenvalue weighted by Crippen LogP contribution is -2.28. The van der Waals surface area contributed by atoms with Crippen LogP contribution in [0.3, 0.4) is 0 Å². The van der Waals surface area contributed by atoms with Crippen LogP contribution in [0.2, 0.25) is 5.02 Å². The van der Waals surface area contributed by atoms with Gasteiger partial charge in [0.2, 0.25) is 5.91 Å². The molecule has 2 N–H and O–H groups in total. The van der Waals surface area contributed by atoms with Gasteiger partial charge in [-0.15, -0.1) is 0 Å². The summed E-state index contributed by atoms with van der Waals surface area (Å²) in [6.45, 7) is 1.02. The van der Waals surface area contributed by atoms with E-state index in [2.05, 4.69) is 10.6 Å². The predicted octanol–water partition coefficient (Wildman–Crippen LogP) is 3.68. The number of carbonyl (C=O) groups is 3. The third-order valence-electron chi connectivity index (χ3n) is 3.70. The van der Waals surface area contributed by atoms with E-state index in [-0.39, 0.29) is 23.3 Å². The first-order valence-corrected chi connectivity index (χ1v) is 9.25. The summed E-state index contributed by atoms with van der Waals surface area (Å²) in [5.74, 6) is 0.186. The van der Waals surface area contributed by atoms with Crippen LogP contribution in [0.4, 0.5) is 16.2 Å². The average molecular weight is 394 g/mol. The molecule has 3 rings (SSSR count). The fourth-order valence-electron chi connectivity index (χ4n) is 2.40. The molecule has 136 valence electrons. The van der Waals surface area contributed by atoms with Gasteiger partial charge < -0.3 is 20.0 Å². The standard InChI is InChI=1S/C17H16ClN3O4S/c18-11-3-4-12(13(10-11)20-16(23)14-2-1-8-25-14)19-15(22)5-6-21-7-9-26-17(21)24/h1-4,8,10H,5-7,9H2,(H,19,22)(H,20,23). The molecule has 0 atom stereocenters. The molecule has 9 heteroatoms. The molecule has 1 aliphatic heterocycles. The number of hydrogen-bond acceptors (Lipinski definition) is 5. The van der Waals surface area contributed by atoms with E-state index >= 15 is 0 Å². The van der Waals surface area contributed by atoms with E-state index in [0.29, 0.717) is 29.5 Å². The van der Waals surface area contributed by atoms with Crippen LogP contribution in [0.25, 0.3) is 0 Å². The number of furan rings is 1. The van der Waals surface area contributed by atoms with Crippen molar-refractivity contribution in [2.75, 3.05) is 29.5 Å². The Morgan fingerprint density at radius 2 is 2.08 bits per heavy atom. The van der Waals surface area contributed by atoms with Gasteiger partial charge in [-0.05, 0) is 30.3 Å². The third-order valence-corrected chi connectivity index (χ3v) is 4.83. The van der Waals surface area contributed by atoms with Crippen molar-refractivity contribution in [3.05, 3.63) is 47.4 Å². The quantitative estimate of drug-likeness (QED) is 0.781. The molecule has 1 aliphatic rings. The van der Waals surface area contributed by atoms with E-state index in [1.165, 1.54) is 24.1 Å². The molecule has 0 saturated carbocycles. The average Bonchev–Trinajstić information content (AvgIpc) is 3.27. The summed E-state index contributed by atoms with van der Waals surface area (Å²) < 4.78 is 5.05. The molecule has 3 amide bonds. The highest BCUT2D eigenvalue weighted by atomic mass is 35.5. The molecule has 2 heterocycles. The smallest absolute Gasteiger partial charge is 0.291 e. The number of benzene rings is 1. The maximum atomic E-state index is 12.2. The second kappa shape index (κ2) is 8.29. The molecule has 0 spiro atoms. The molecule has 26 heavy (non-hydrogen) atoms. The van der Waals surface area contributed by atoms with Gasteiger partial charge in [0.15, 0.2) is 5.76 Å². The SMILES string of the molecule is O=C(CCN1CCSC1=O)Nc1ccc(Cl)cc1NC(=O)c1ccco1. The lowest BCUT2D eigenvalue weighted by Gasteiger charge is -2.15. The highest BCUT2D eigenvalue weighted by molar-refractivity contribution is 8.13. The molecule has 0 unspecified atom stereocenters. The Morgan fingerprint density at radius 1 is 1.23 bits per heavy atom. The second-order valence-electron chi connectivity index (χ2n) is 5.52. The van der Waals surface area contributed by atoms with E-state index in [4.69, 9.17) is 16.0 Å². The van der Waals surface area contributed by atoms with Gasteiger partial charge in [-0.3, -0.25) is 14.4 Å². The van der Waals surface area contributed by atoms with Crippen molar-refractivity contribution in [3.8, 4) is 0 Å². The van der Waals surface area contributed by atoms with Crippen molar-refractivity contribution in [2.45, 2.75) is 6.42 Å². The normalized spacial score (nSPS) is 13.7. The Balaban J connectivity index is 1.64. The lowest BCUT2D eigenvalue weighted by atomic mass is 10.2. The van der Waals surface area contributed by atoms with E-state index < -0.39 is 5.91 Å². The van der Waals surface area contributed by atoms with Crippen molar-refractivity contribution in [3.63, 3.8) is 0 Å². The van der Waals surface area contributed by atoms with Gasteiger partial charge in [0, 0.05) is 30.3 Å². The zero-order valence-electron chi connectivity index (χ0n) is 13.7. The Hall–Kier alpha value is -2.45. The van der Waals surface area contributed by atoms with Gasteiger partial charge in [-0.2, -0.15) is 0 Å². The lowest BCUT2D eigenvalue weighted by molar-refractivity contribution is -0.116. The first kappa shape index (κ1) is 18.3. The maximum Gasteiger partial charge on any atom is 0.291 e. The van der Waals surface area contributed by atoms with E-state index in [9.17, 15) is 14.4 Å². The number of nitrogens with zero attached hydrogens (tertiary/aromatic N) is 1. The largest absolute Gasteiger partial charge is 0.459 e. The highest BCUT2D eigenvalue weighted by Crippen LogP contribution is 2.27. The van der Waals surface area contributed by atoms with E-state index in [0.717, 1.165) is 5.75 Å². The number of amides is 3. The fraction of sp³-hybridized carbons (Fsp3) is 0.235. The number of rotatable bonds is 6. The van der Waals surface area contributed by atoms with Gasteiger partial charge in [0.05, 0.1) is 17.6 Å². The summed E-state index contributed by atoms with van der Waals surface area (Å²) >= 11 is 7.25. The van der Waals surface area contributed by atoms with Crippen LogP contribution in [0.5, 0.6) is 0 Å². The topological polar surface area (TPSA) is 91.7 Å². The maximum absolute atomic E-state index is 12.2. The van der Waals surface area contributed by atoms with Gasteiger partial charge in [0.25, 0.3) is 11.1 Å². The summed E-state index contributed by atoms with van der Waals surface area (Å²) in [6, 6.07) is 7.89. The minimum atomic E-state index is -0.451. The minimum Gasteiger partial charge on any atom is -0.459 e. The Kier molecular flexibility index (Phi) is 5.85. The highest BCUT2D eigenvalue weighted by Gasteiger charge is 2.21. The monoisotopic (exact) mass is 393 g/mol. The van der Waals surface area contributed by atoms with Crippen LogP contribution in [-0.2, 0) is 4.79 Å². The molecule has 1 fully saturated rings. The van der Waals surface area contributed by atoms with Crippen LogP contribution in [0, 0.1) is 0 Å². The molecular formula is C17H16ClN3O4S. The van der Waals surface area contributed by atoms with Crippen molar-refractivity contribution in [1.82, 2.24) is 4.90 Å². The fourth-order valence-corrected chi connectivity index (χ4v) is 3.42. The molecule has 0 aliphatic carbocycles. The second-order valence-corrected chi connectivity index (χ2v) is 7.00. The molecule has 2 aromatic rings. The van der Waals surface area contributed by atoms with Gasteiger partial charge >= 0.3 is 0 Å². The van der Waals surface area contributed by atoms with Crippen LogP contribution in [0.15, 0.2) is 41.0 Å². The first-order valence-electron chi connectivity index (χ1n) is 7.89. The third kappa shape index (κ3) is 4.59. The van der Waals surface area contributed by atoms with Crippen LogP contribution < -0.4 is 10.6 Å².